The first-order valence-electron chi connectivity index (χ1n) is 5.41. The van der Waals surface area contributed by atoms with Gasteiger partial charge in [-0.2, -0.15) is 0 Å². The fourth-order valence-electron chi connectivity index (χ4n) is 1.55. The first-order chi connectivity index (χ1) is 6.20. The van der Waals surface area contributed by atoms with Gasteiger partial charge in [0.2, 0.25) is 0 Å². The van der Waals surface area contributed by atoms with E-state index in [-0.39, 0.29) is 11.7 Å². The van der Waals surface area contributed by atoms with Gasteiger partial charge in [-0.3, -0.25) is 4.79 Å². The monoisotopic (exact) mass is 183 g/mol. The molecule has 1 N–H and O–H groups in total. The maximum absolute atomic E-state index is 10.9. The summed E-state index contributed by atoms with van der Waals surface area (Å²) in [5.74, 6) is 1.44. The average molecular weight is 183 g/mol. The average Bonchev–Trinajstić information content (AvgIpc) is 2.00. The van der Waals surface area contributed by atoms with Crippen LogP contribution >= 0.6 is 0 Å². The van der Waals surface area contributed by atoms with Gasteiger partial charge in [0.05, 0.1) is 0 Å². The largest absolute Gasteiger partial charge is 0.316 e. The van der Waals surface area contributed by atoms with Gasteiger partial charge in [-0.25, -0.2) is 0 Å². The summed E-state index contributed by atoms with van der Waals surface area (Å²) >= 11 is 0. The second kappa shape index (κ2) is 5.38. The minimum atomic E-state index is 0.182. The molecular weight excluding hydrogens is 162 g/mol. The van der Waals surface area contributed by atoms with E-state index in [4.69, 9.17) is 0 Å². The van der Waals surface area contributed by atoms with Gasteiger partial charge in [0.25, 0.3) is 0 Å². The van der Waals surface area contributed by atoms with Crippen molar-refractivity contribution in [1.29, 1.82) is 0 Å². The van der Waals surface area contributed by atoms with Crippen LogP contribution in [0.2, 0.25) is 0 Å². The molecule has 0 amide bonds. The van der Waals surface area contributed by atoms with Crippen LogP contribution in [0.15, 0.2) is 0 Å². The molecule has 1 atom stereocenters. The summed E-state index contributed by atoms with van der Waals surface area (Å²) in [4.78, 5) is 10.9. The number of rotatable bonds is 6. The Bertz CT molecular complexity index is 163. The lowest BCUT2D eigenvalue weighted by Crippen LogP contribution is -2.28. The Balaban J connectivity index is 1.90. The van der Waals surface area contributed by atoms with E-state index in [9.17, 15) is 4.79 Å². The van der Waals surface area contributed by atoms with Crippen LogP contribution in [-0.4, -0.2) is 18.9 Å². The van der Waals surface area contributed by atoms with E-state index in [0.29, 0.717) is 0 Å². The van der Waals surface area contributed by atoms with Crippen LogP contribution in [0, 0.1) is 11.8 Å². The number of carbonyl (C=O) groups is 1. The normalized spacial score (nSPS) is 19.5. The Labute approximate surface area is 81.1 Å². The van der Waals surface area contributed by atoms with Crippen molar-refractivity contribution < 1.29 is 4.79 Å². The van der Waals surface area contributed by atoms with Gasteiger partial charge >= 0.3 is 0 Å². The van der Waals surface area contributed by atoms with E-state index in [1.165, 1.54) is 25.7 Å². The molecule has 1 unspecified atom stereocenters. The van der Waals surface area contributed by atoms with E-state index in [1.54, 1.807) is 6.92 Å². The van der Waals surface area contributed by atoms with Crippen molar-refractivity contribution in [1.82, 2.24) is 5.32 Å². The van der Waals surface area contributed by atoms with Crippen molar-refractivity contribution in [2.75, 3.05) is 13.1 Å². The SMILES string of the molecule is CC(=O)C(C)CNCCC1CCC1. The number of carbonyl (C=O) groups excluding carboxylic acids is 1. The lowest BCUT2D eigenvalue weighted by atomic mass is 9.83. The molecule has 0 saturated heterocycles. The Morgan fingerprint density at radius 1 is 1.54 bits per heavy atom. The summed E-state index contributed by atoms with van der Waals surface area (Å²) in [6.45, 7) is 5.58. The fraction of sp³-hybridized carbons (Fsp3) is 0.909. The third kappa shape index (κ3) is 3.90. The van der Waals surface area contributed by atoms with Crippen LogP contribution in [0.25, 0.3) is 0 Å². The molecule has 1 saturated carbocycles. The highest BCUT2D eigenvalue weighted by molar-refractivity contribution is 5.78. The van der Waals surface area contributed by atoms with Crippen molar-refractivity contribution >= 4 is 5.78 Å². The Morgan fingerprint density at radius 3 is 2.69 bits per heavy atom. The highest BCUT2D eigenvalue weighted by atomic mass is 16.1. The zero-order valence-electron chi connectivity index (χ0n) is 8.81. The number of hydrogen-bond acceptors (Lipinski definition) is 2. The summed E-state index contributed by atoms with van der Waals surface area (Å²) in [5.41, 5.74) is 0. The number of nitrogens with one attached hydrogen (secondary N) is 1. The fourth-order valence-corrected chi connectivity index (χ4v) is 1.55. The molecule has 1 aliphatic rings. The topological polar surface area (TPSA) is 29.1 Å². The third-order valence-electron chi connectivity index (χ3n) is 3.10. The number of Topliss-reactive ketones (excluding diaryl/α,β-unsaturated/α-hetero) is 1. The van der Waals surface area contributed by atoms with Gasteiger partial charge in [-0.05, 0) is 25.8 Å². The van der Waals surface area contributed by atoms with Crippen molar-refractivity contribution in [3.8, 4) is 0 Å². The summed E-state index contributed by atoms with van der Waals surface area (Å²) in [5, 5.41) is 3.34. The highest BCUT2D eigenvalue weighted by Crippen LogP contribution is 2.28. The van der Waals surface area contributed by atoms with E-state index in [0.717, 1.165) is 19.0 Å². The lowest BCUT2D eigenvalue weighted by Gasteiger charge is -2.25. The van der Waals surface area contributed by atoms with Crippen molar-refractivity contribution in [2.45, 2.75) is 39.5 Å². The molecule has 2 nitrogen and oxygen atoms in total. The van der Waals surface area contributed by atoms with Crippen molar-refractivity contribution in [3.63, 3.8) is 0 Å². The summed E-state index contributed by atoms with van der Waals surface area (Å²) in [6, 6.07) is 0. The Morgan fingerprint density at radius 2 is 2.23 bits per heavy atom. The van der Waals surface area contributed by atoms with Crippen LogP contribution in [-0.2, 0) is 4.79 Å². The standard InChI is InChI=1S/C11H21NO/c1-9(10(2)13)8-12-7-6-11-4-3-5-11/h9,11-12H,3-8H2,1-2H3. The zero-order valence-corrected chi connectivity index (χ0v) is 8.81. The van der Waals surface area contributed by atoms with Crippen molar-refractivity contribution in [2.24, 2.45) is 11.8 Å². The van der Waals surface area contributed by atoms with Crippen LogP contribution in [0.4, 0.5) is 0 Å². The smallest absolute Gasteiger partial charge is 0.133 e. The predicted octanol–water partition coefficient (Wildman–Crippen LogP) is 1.99. The van der Waals surface area contributed by atoms with Crippen LogP contribution in [0.1, 0.15) is 39.5 Å². The van der Waals surface area contributed by atoms with Gasteiger partial charge in [-0.15, -0.1) is 0 Å². The predicted molar refractivity (Wildman–Crippen MR) is 54.7 cm³/mol. The number of hydrogen-bond donors (Lipinski definition) is 1. The molecule has 0 aromatic rings. The summed E-state index contributed by atoms with van der Waals surface area (Å²) < 4.78 is 0. The second-order valence-electron chi connectivity index (χ2n) is 4.30. The van der Waals surface area contributed by atoms with E-state index < -0.39 is 0 Å². The van der Waals surface area contributed by atoms with Crippen molar-refractivity contribution in [3.05, 3.63) is 0 Å². The molecule has 13 heavy (non-hydrogen) atoms. The van der Waals surface area contributed by atoms with E-state index in [2.05, 4.69) is 5.32 Å². The quantitative estimate of drug-likeness (QED) is 0.638. The molecule has 0 radical (unpaired) electrons. The van der Waals surface area contributed by atoms with Crippen LogP contribution in [0.5, 0.6) is 0 Å². The number of ketones is 1. The minimum Gasteiger partial charge on any atom is -0.316 e. The molecule has 2 heteroatoms. The van der Waals surface area contributed by atoms with Crippen LogP contribution < -0.4 is 5.32 Å². The molecule has 0 aromatic carbocycles. The van der Waals surface area contributed by atoms with Gasteiger partial charge in [-0.1, -0.05) is 26.2 Å². The van der Waals surface area contributed by atoms with E-state index in [1.807, 2.05) is 6.92 Å². The molecule has 0 heterocycles. The Hall–Kier alpha value is -0.370. The van der Waals surface area contributed by atoms with Gasteiger partial charge < -0.3 is 5.32 Å². The maximum atomic E-state index is 10.9. The van der Waals surface area contributed by atoms with Gasteiger partial charge in [0, 0.05) is 12.5 Å². The first kappa shape index (κ1) is 10.7. The molecule has 1 fully saturated rings. The summed E-state index contributed by atoms with van der Waals surface area (Å²) in [7, 11) is 0. The molecule has 1 rings (SSSR count). The Kier molecular flexibility index (Phi) is 4.43. The minimum absolute atomic E-state index is 0.182. The second-order valence-corrected chi connectivity index (χ2v) is 4.30. The van der Waals surface area contributed by atoms with Crippen LogP contribution in [0.3, 0.4) is 0 Å². The zero-order chi connectivity index (χ0) is 9.68. The molecule has 1 aliphatic carbocycles. The molecule has 0 aromatic heterocycles. The molecule has 0 bridgehead atoms. The molecule has 0 aliphatic heterocycles. The molecule has 0 spiro atoms. The molecule has 76 valence electrons. The maximum Gasteiger partial charge on any atom is 0.133 e. The third-order valence-corrected chi connectivity index (χ3v) is 3.10. The summed E-state index contributed by atoms with van der Waals surface area (Å²) in [6.07, 6.45) is 5.56. The van der Waals surface area contributed by atoms with Gasteiger partial charge in [0.15, 0.2) is 0 Å². The lowest BCUT2D eigenvalue weighted by molar-refractivity contribution is -0.120. The highest BCUT2D eigenvalue weighted by Gasteiger charge is 2.16. The molecular formula is C11H21NO. The van der Waals surface area contributed by atoms with E-state index >= 15 is 0 Å². The van der Waals surface area contributed by atoms with Gasteiger partial charge in [0.1, 0.15) is 5.78 Å². The first-order valence-corrected chi connectivity index (χ1v) is 5.41.